The van der Waals surface area contributed by atoms with Crippen LogP contribution in [0, 0.1) is 5.92 Å². The molecule has 2 aliphatic rings. The van der Waals surface area contributed by atoms with E-state index in [4.69, 9.17) is 5.73 Å². The van der Waals surface area contributed by atoms with Gasteiger partial charge < -0.3 is 5.73 Å². The molecule has 2 nitrogen and oxygen atoms in total. The number of nitrogens with two attached hydrogens (primary N) is 1. The van der Waals surface area contributed by atoms with Gasteiger partial charge in [0.2, 0.25) is 0 Å². The molecule has 0 heterocycles. The van der Waals surface area contributed by atoms with Crippen LogP contribution in [0.1, 0.15) is 39.5 Å². The van der Waals surface area contributed by atoms with Crippen LogP contribution in [0.3, 0.4) is 0 Å². The second kappa shape index (κ2) is 3.58. The maximum Gasteiger partial charge on any atom is 0.0128 e. The zero-order chi connectivity index (χ0) is 9.42. The SMILES string of the molecule is CC(C)CN(C1CC1)C1CC(N)C1. The van der Waals surface area contributed by atoms with Gasteiger partial charge in [-0.05, 0) is 31.6 Å². The van der Waals surface area contributed by atoms with Crippen LogP contribution in [0.15, 0.2) is 0 Å². The van der Waals surface area contributed by atoms with Crippen LogP contribution in [0.25, 0.3) is 0 Å². The van der Waals surface area contributed by atoms with Crippen molar-refractivity contribution in [2.24, 2.45) is 11.7 Å². The van der Waals surface area contributed by atoms with Crippen LogP contribution >= 0.6 is 0 Å². The van der Waals surface area contributed by atoms with Crippen LogP contribution in [0.4, 0.5) is 0 Å². The van der Waals surface area contributed by atoms with Crippen molar-refractivity contribution >= 4 is 0 Å². The summed E-state index contributed by atoms with van der Waals surface area (Å²) in [4.78, 5) is 2.72. The summed E-state index contributed by atoms with van der Waals surface area (Å²) >= 11 is 0. The Morgan fingerprint density at radius 2 is 1.85 bits per heavy atom. The predicted molar refractivity (Wildman–Crippen MR) is 55.6 cm³/mol. The summed E-state index contributed by atoms with van der Waals surface area (Å²) in [5.41, 5.74) is 5.83. The van der Waals surface area contributed by atoms with E-state index in [0.717, 1.165) is 18.0 Å². The molecule has 76 valence electrons. The van der Waals surface area contributed by atoms with E-state index in [9.17, 15) is 0 Å². The van der Waals surface area contributed by atoms with Gasteiger partial charge in [0.05, 0.1) is 0 Å². The smallest absolute Gasteiger partial charge is 0.0128 e. The zero-order valence-corrected chi connectivity index (χ0v) is 8.87. The maximum atomic E-state index is 5.83. The molecule has 0 aliphatic heterocycles. The molecule has 2 heteroatoms. The van der Waals surface area contributed by atoms with Gasteiger partial charge in [0.25, 0.3) is 0 Å². The van der Waals surface area contributed by atoms with Crippen LogP contribution in [-0.4, -0.2) is 29.6 Å². The van der Waals surface area contributed by atoms with Crippen LogP contribution < -0.4 is 5.73 Å². The standard InChI is InChI=1S/C11H22N2/c1-8(2)7-13(10-3-4-10)11-5-9(12)6-11/h8-11H,3-7,12H2,1-2H3. The van der Waals surface area contributed by atoms with E-state index in [2.05, 4.69) is 18.7 Å². The van der Waals surface area contributed by atoms with Gasteiger partial charge in [0.1, 0.15) is 0 Å². The largest absolute Gasteiger partial charge is 0.328 e. The fourth-order valence-corrected chi connectivity index (χ4v) is 2.32. The third-order valence-corrected chi connectivity index (χ3v) is 3.21. The molecule has 0 aromatic rings. The lowest BCUT2D eigenvalue weighted by Crippen LogP contribution is -2.52. The Bertz CT molecular complexity index is 169. The molecular formula is C11H22N2. The molecule has 0 unspecified atom stereocenters. The van der Waals surface area contributed by atoms with Crippen LogP contribution in [-0.2, 0) is 0 Å². The lowest BCUT2D eigenvalue weighted by atomic mass is 9.85. The van der Waals surface area contributed by atoms with Crippen molar-refractivity contribution in [3.8, 4) is 0 Å². The quantitative estimate of drug-likeness (QED) is 0.715. The molecule has 0 aromatic heterocycles. The fraction of sp³-hybridized carbons (Fsp3) is 1.00. The van der Waals surface area contributed by atoms with E-state index in [1.54, 1.807) is 0 Å². The minimum atomic E-state index is 0.499. The third-order valence-electron chi connectivity index (χ3n) is 3.21. The van der Waals surface area contributed by atoms with Crippen molar-refractivity contribution in [1.29, 1.82) is 0 Å². The van der Waals surface area contributed by atoms with E-state index in [-0.39, 0.29) is 0 Å². The molecule has 2 fully saturated rings. The highest BCUT2D eigenvalue weighted by molar-refractivity contribution is 4.96. The van der Waals surface area contributed by atoms with Gasteiger partial charge in [0, 0.05) is 24.7 Å². The minimum Gasteiger partial charge on any atom is -0.328 e. The van der Waals surface area contributed by atoms with E-state index in [1.807, 2.05) is 0 Å². The number of nitrogens with zero attached hydrogens (tertiary/aromatic N) is 1. The number of hydrogen-bond donors (Lipinski definition) is 1. The average Bonchev–Trinajstić information content (AvgIpc) is 2.76. The van der Waals surface area contributed by atoms with Gasteiger partial charge in [-0.1, -0.05) is 13.8 Å². The van der Waals surface area contributed by atoms with Gasteiger partial charge in [-0.3, -0.25) is 4.90 Å². The molecule has 0 atom stereocenters. The Balaban J connectivity index is 1.83. The summed E-state index contributed by atoms with van der Waals surface area (Å²) in [6.07, 6.45) is 5.34. The minimum absolute atomic E-state index is 0.499. The van der Waals surface area contributed by atoms with E-state index >= 15 is 0 Å². The normalized spacial score (nSPS) is 33.9. The van der Waals surface area contributed by atoms with E-state index < -0.39 is 0 Å². The highest BCUT2D eigenvalue weighted by Crippen LogP contribution is 2.35. The predicted octanol–water partition coefficient (Wildman–Crippen LogP) is 1.60. The second-order valence-corrected chi connectivity index (χ2v) is 5.21. The molecule has 2 aliphatic carbocycles. The first-order chi connectivity index (χ1) is 6.16. The zero-order valence-electron chi connectivity index (χ0n) is 8.87. The molecule has 0 bridgehead atoms. The van der Waals surface area contributed by atoms with Crippen molar-refractivity contribution in [2.75, 3.05) is 6.54 Å². The Morgan fingerprint density at radius 3 is 2.23 bits per heavy atom. The average molecular weight is 182 g/mol. The number of hydrogen-bond acceptors (Lipinski definition) is 2. The first kappa shape index (κ1) is 9.47. The van der Waals surface area contributed by atoms with Crippen molar-refractivity contribution in [3.63, 3.8) is 0 Å². The van der Waals surface area contributed by atoms with Gasteiger partial charge in [0.15, 0.2) is 0 Å². The van der Waals surface area contributed by atoms with Gasteiger partial charge in [-0.15, -0.1) is 0 Å². The Labute approximate surface area is 81.5 Å². The van der Waals surface area contributed by atoms with Crippen molar-refractivity contribution in [2.45, 2.75) is 57.7 Å². The summed E-state index contributed by atoms with van der Waals surface area (Å²) in [5.74, 6) is 0.803. The van der Waals surface area contributed by atoms with Gasteiger partial charge in [-0.2, -0.15) is 0 Å². The molecule has 0 spiro atoms. The van der Waals surface area contributed by atoms with E-state index in [0.29, 0.717) is 6.04 Å². The Kier molecular flexibility index (Phi) is 2.61. The molecular weight excluding hydrogens is 160 g/mol. The topological polar surface area (TPSA) is 29.3 Å². The van der Waals surface area contributed by atoms with Gasteiger partial charge in [-0.25, -0.2) is 0 Å². The fourth-order valence-electron chi connectivity index (χ4n) is 2.32. The third kappa shape index (κ3) is 2.23. The molecule has 2 saturated carbocycles. The summed E-state index contributed by atoms with van der Waals surface area (Å²) < 4.78 is 0. The molecule has 0 amide bonds. The summed E-state index contributed by atoms with van der Waals surface area (Å²) in [6, 6.07) is 2.24. The highest BCUT2D eigenvalue weighted by atomic mass is 15.2. The van der Waals surface area contributed by atoms with Crippen molar-refractivity contribution in [3.05, 3.63) is 0 Å². The maximum absolute atomic E-state index is 5.83. The first-order valence-electron chi connectivity index (χ1n) is 5.68. The van der Waals surface area contributed by atoms with Crippen molar-refractivity contribution < 1.29 is 0 Å². The Hall–Kier alpha value is -0.0800. The summed E-state index contributed by atoms with van der Waals surface area (Å²) in [7, 11) is 0. The lowest BCUT2D eigenvalue weighted by Gasteiger charge is -2.42. The monoisotopic (exact) mass is 182 g/mol. The highest BCUT2D eigenvalue weighted by Gasteiger charge is 2.39. The molecule has 0 aromatic carbocycles. The Morgan fingerprint density at radius 1 is 1.23 bits per heavy atom. The lowest BCUT2D eigenvalue weighted by molar-refractivity contribution is 0.0901. The molecule has 2 N–H and O–H groups in total. The molecule has 2 rings (SSSR count). The molecule has 0 radical (unpaired) electrons. The van der Waals surface area contributed by atoms with Crippen molar-refractivity contribution in [1.82, 2.24) is 4.90 Å². The molecule has 0 saturated heterocycles. The summed E-state index contributed by atoms with van der Waals surface area (Å²) in [5, 5.41) is 0. The first-order valence-corrected chi connectivity index (χ1v) is 5.68. The van der Waals surface area contributed by atoms with E-state index in [1.165, 1.54) is 32.2 Å². The second-order valence-electron chi connectivity index (χ2n) is 5.21. The number of rotatable bonds is 4. The molecule has 13 heavy (non-hydrogen) atoms. The van der Waals surface area contributed by atoms with Gasteiger partial charge >= 0.3 is 0 Å². The summed E-state index contributed by atoms with van der Waals surface area (Å²) in [6.45, 7) is 5.91. The van der Waals surface area contributed by atoms with Crippen LogP contribution in [0.2, 0.25) is 0 Å². The van der Waals surface area contributed by atoms with Crippen LogP contribution in [0.5, 0.6) is 0 Å².